The number of Topliss-reactive ketones (excluding diaryl/α,β-unsaturated/α-hetero) is 2. The van der Waals surface area contributed by atoms with Crippen molar-refractivity contribution in [2.75, 3.05) is 21.3 Å². The fourth-order valence-electron chi connectivity index (χ4n) is 3.43. The van der Waals surface area contributed by atoms with Gasteiger partial charge < -0.3 is 19.3 Å². The zero-order valence-corrected chi connectivity index (χ0v) is 16.2. The third kappa shape index (κ3) is 3.59. The van der Waals surface area contributed by atoms with Crippen molar-refractivity contribution in [3.8, 4) is 11.5 Å². The molecule has 0 heterocycles. The Balaban J connectivity index is 2.24. The van der Waals surface area contributed by atoms with E-state index in [2.05, 4.69) is 0 Å². The second kappa shape index (κ2) is 8.18. The third-order valence-electron chi connectivity index (χ3n) is 4.90. The van der Waals surface area contributed by atoms with Crippen molar-refractivity contribution >= 4 is 23.3 Å². The van der Waals surface area contributed by atoms with E-state index in [4.69, 9.17) is 14.2 Å². The monoisotopic (exact) mass is 396 g/mol. The molecule has 29 heavy (non-hydrogen) atoms. The summed E-state index contributed by atoms with van der Waals surface area (Å²) in [6.45, 7) is 0. The number of carbonyl (C=O) groups excluding carboxylic acids is 3. The minimum absolute atomic E-state index is 0.122. The van der Waals surface area contributed by atoms with Crippen LogP contribution in [-0.2, 0) is 14.3 Å². The maximum Gasteiger partial charge on any atom is 0.306 e. The molecule has 7 nitrogen and oxygen atoms in total. The SMILES string of the molecule is COC(=O)CC(C1=C(O)c2ccccc2C(=O)C1=O)c1ccc(OC)cc1OC. The summed E-state index contributed by atoms with van der Waals surface area (Å²) < 4.78 is 15.4. The summed E-state index contributed by atoms with van der Waals surface area (Å²) >= 11 is 0. The van der Waals surface area contributed by atoms with Gasteiger partial charge in [0.25, 0.3) is 0 Å². The highest BCUT2D eigenvalue weighted by molar-refractivity contribution is 6.52. The zero-order chi connectivity index (χ0) is 21.1. The van der Waals surface area contributed by atoms with Gasteiger partial charge in [-0.3, -0.25) is 14.4 Å². The Morgan fingerprint density at radius 1 is 0.966 bits per heavy atom. The lowest BCUT2D eigenvalue weighted by Gasteiger charge is -2.25. The first-order valence-electron chi connectivity index (χ1n) is 8.83. The molecule has 7 heteroatoms. The summed E-state index contributed by atoms with van der Waals surface area (Å²) in [6, 6.07) is 11.2. The van der Waals surface area contributed by atoms with Crippen molar-refractivity contribution in [3.63, 3.8) is 0 Å². The minimum Gasteiger partial charge on any atom is -0.507 e. The highest BCUT2D eigenvalue weighted by atomic mass is 16.5. The summed E-state index contributed by atoms with van der Waals surface area (Å²) in [5.74, 6) is -2.64. The number of allylic oxidation sites excluding steroid dienone is 1. The first-order chi connectivity index (χ1) is 13.9. The predicted octanol–water partition coefficient (Wildman–Crippen LogP) is 3.09. The summed E-state index contributed by atoms with van der Waals surface area (Å²) in [4.78, 5) is 37.7. The molecule has 0 spiro atoms. The van der Waals surface area contributed by atoms with Crippen LogP contribution < -0.4 is 9.47 Å². The van der Waals surface area contributed by atoms with Crippen LogP contribution in [0.3, 0.4) is 0 Å². The van der Waals surface area contributed by atoms with Gasteiger partial charge in [0.2, 0.25) is 11.6 Å². The average molecular weight is 396 g/mol. The maximum absolute atomic E-state index is 12.9. The van der Waals surface area contributed by atoms with Crippen molar-refractivity contribution in [3.05, 3.63) is 64.7 Å². The van der Waals surface area contributed by atoms with E-state index in [1.54, 1.807) is 36.4 Å². The number of hydrogen-bond acceptors (Lipinski definition) is 7. The molecule has 150 valence electrons. The predicted molar refractivity (Wildman–Crippen MR) is 104 cm³/mol. The highest BCUT2D eigenvalue weighted by Crippen LogP contribution is 2.42. The molecule has 0 bridgehead atoms. The first kappa shape index (κ1) is 20.1. The van der Waals surface area contributed by atoms with Crippen molar-refractivity contribution in [1.29, 1.82) is 0 Å². The van der Waals surface area contributed by atoms with Gasteiger partial charge in [-0.1, -0.05) is 30.3 Å². The molecule has 1 unspecified atom stereocenters. The zero-order valence-electron chi connectivity index (χ0n) is 16.2. The molecule has 0 saturated heterocycles. The van der Waals surface area contributed by atoms with E-state index in [9.17, 15) is 19.5 Å². The van der Waals surface area contributed by atoms with Crippen LogP contribution in [-0.4, -0.2) is 44.0 Å². The molecule has 1 aliphatic rings. The van der Waals surface area contributed by atoms with E-state index >= 15 is 0 Å². The molecular formula is C22H20O7. The van der Waals surface area contributed by atoms with Gasteiger partial charge in [0.15, 0.2) is 0 Å². The quantitative estimate of drug-likeness (QED) is 0.592. The fourth-order valence-corrected chi connectivity index (χ4v) is 3.43. The fraction of sp³-hybridized carbons (Fsp3) is 0.227. The lowest BCUT2D eigenvalue weighted by Crippen LogP contribution is -2.28. The molecule has 0 fully saturated rings. The van der Waals surface area contributed by atoms with Gasteiger partial charge in [-0.25, -0.2) is 0 Å². The Labute approximate surface area is 167 Å². The van der Waals surface area contributed by atoms with Crippen LogP contribution in [0.25, 0.3) is 5.76 Å². The smallest absolute Gasteiger partial charge is 0.306 e. The summed E-state index contributed by atoms with van der Waals surface area (Å²) in [5.41, 5.74) is 0.648. The number of carbonyl (C=O) groups is 3. The van der Waals surface area contributed by atoms with Gasteiger partial charge in [0.1, 0.15) is 17.3 Å². The summed E-state index contributed by atoms with van der Waals surface area (Å²) in [5, 5.41) is 10.9. The normalized spacial score (nSPS) is 14.3. The van der Waals surface area contributed by atoms with Crippen LogP contribution >= 0.6 is 0 Å². The highest BCUT2D eigenvalue weighted by Gasteiger charge is 2.39. The molecule has 0 aromatic heterocycles. The number of benzene rings is 2. The summed E-state index contributed by atoms with van der Waals surface area (Å²) in [7, 11) is 4.15. The van der Waals surface area contributed by atoms with E-state index in [0.717, 1.165) is 0 Å². The largest absolute Gasteiger partial charge is 0.507 e. The molecule has 2 aromatic rings. The number of hydrogen-bond donors (Lipinski definition) is 1. The molecule has 0 saturated carbocycles. The van der Waals surface area contributed by atoms with Gasteiger partial charge in [-0.15, -0.1) is 0 Å². The van der Waals surface area contributed by atoms with E-state index in [1.807, 2.05) is 0 Å². The van der Waals surface area contributed by atoms with Gasteiger partial charge in [-0.05, 0) is 6.07 Å². The first-order valence-corrected chi connectivity index (χ1v) is 8.83. The van der Waals surface area contributed by atoms with Crippen LogP contribution in [0.4, 0.5) is 0 Å². The van der Waals surface area contributed by atoms with Gasteiger partial charge in [-0.2, -0.15) is 0 Å². The second-order valence-electron chi connectivity index (χ2n) is 6.41. The van der Waals surface area contributed by atoms with Crippen LogP contribution in [0, 0.1) is 0 Å². The number of aliphatic hydroxyl groups is 1. The topological polar surface area (TPSA) is 99.1 Å². The number of aliphatic hydroxyl groups excluding tert-OH is 1. The minimum atomic E-state index is -0.951. The summed E-state index contributed by atoms with van der Waals surface area (Å²) in [6.07, 6.45) is -0.264. The van der Waals surface area contributed by atoms with Crippen LogP contribution in [0.15, 0.2) is 48.0 Å². The molecular weight excluding hydrogens is 376 g/mol. The Morgan fingerprint density at radius 3 is 2.28 bits per heavy atom. The van der Waals surface area contributed by atoms with E-state index < -0.39 is 23.5 Å². The Morgan fingerprint density at radius 2 is 1.66 bits per heavy atom. The lowest BCUT2D eigenvalue weighted by molar-refractivity contribution is -0.140. The standard InChI is InChI=1S/C22H20O7/c1-27-12-8-9-13(17(10-12)28-2)16(11-18(23)29-3)19-20(24)14-6-4-5-7-15(14)21(25)22(19)26/h4-10,16,24H,11H2,1-3H3. The van der Waals surface area contributed by atoms with Gasteiger partial charge in [0.05, 0.1) is 33.3 Å². The number of fused-ring (bicyclic) bond motifs is 1. The molecule has 1 atom stereocenters. The van der Waals surface area contributed by atoms with Crippen molar-refractivity contribution in [2.45, 2.75) is 12.3 Å². The van der Waals surface area contributed by atoms with Crippen molar-refractivity contribution in [1.82, 2.24) is 0 Å². The van der Waals surface area contributed by atoms with Crippen molar-refractivity contribution < 1.29 is 33.7 Å². The number of esters is 1. The molecule has 1 N–H and O–H groups in total. The number of ether oxygens (including phenoxy) is 3. The van der Waals surface area contributed by atoms with Crippen molar-refractivity contribution in [2.24, 2.45) is 0 Å². The molecule has 1 aliphatic carbocycles. The van der Waals surface area contributed by atoms with Crippen LogP contribution in [0.5, 0.6) is 11.5 Å². The molecule has 3 rings (SSSR count). The Bertz CT molecular complexity index is 1020. The van der Waals surface area contributed by atoms with Crippen LogP contribution in [0.1, 0.15) is 33.8 Å². The lowest BCUT2D eigenvalue weighted by atomic mass is 9.78. The van der Waals surface area contributed by atoms with Gasteiger partial charge in [0, 0.05) is 28.7 Å². The van der Waals surface area contributed by atoms with E-state index in [1.165, 1.54) is 27.4 Å². The number of rotatable bonds is 6. The maximum atomic E-state index is 12.9. The Hall–Kier alpha value is -3.61. The second-order valence-corrected chi connectivity index (χ2v) is 6.41. The van der Waals surface area contributed by atoms with Crippen LogP contribution in [0.2, 0.25) is 0 Å². The Kier molecular flexibility index (Phi) is 5.68. The number of methoxy groups -OCH3 is 3. The molecule has 0 radical (unpaired) electrons. The molecule has 2 aromatic carbocycles. The van der Waals surface area contributed by atoms with Gasteiger partial charge >= 0.3 is 5.97 Å². The molecule has 0 aliphatic heterocycles. The van der Waals surface area contributed by atoms with E-state index in [-0.39, 0.29) is 28.9 Å². The molecule has 0 amide bonds. The average Bonchev–Trinajstić information content (AvgIpc) is 2.76. The third-order valence-corrected chi connectivity index (χ3v) is 4.90. The number of ketones is 2. The van der Waals surface area contributed by atoms with E-state index in [0.29, 0.717) is 17.1 Å².